The number of benzene rings is 1. The Morgan fingerprint density at radius 1 is 1.22 bits per heavy atom. The zero-order valence-corrected chi connectivity index (χ0v) is 16.7. The van der Waals surface area contributed by atoms with E-state index in [1.165, 1.54) is 25.7 Å². The first-order valence-electron chi connectivity index (χ1n) is 10.1. The first-order valence-corrected chi connectivity index (χ1v) is 10.1. The average molecular weight is 370 g/mol. The SMILES string of the molecule is CC(C)(C)CCc1n[nH]c(=O)c2cc(NC(=O)CCC3CCCC3)ccc12. The summed E-state index contributed by atoms with van der Waals surface area (Å²) in [5.74, 6) is 0.728. The largest absolute Gasteiger partial charge is 0.326 e. The Morgan fingerprint density at radius 2 is 1.96 bits per heavy atom. The number of nitrogens with one attached hydrogen (secondary N) is 2. The van der Waals surface area contributed by atoms with Gasteiger partial charge >= 0.3 is 0 Å². The van der Waals surface area contributed by atoms with Gasteiger partial charge in [0, 0.05) is 17.5 Å². The van der Waals surface area contributed by atoms with Crippen LogP contribution < -0.4 is 10.9 Å². The van der Waals surface area contributed by atoms with E-state index in [9.17, 15) is 9.59 Å². The third-order valence-electron chi connectivity index (χ3n) is 5.52. The number of aromatic nitrogens is 2. The molecular formula is C22H31N3O2. The molecule has 2 N–H and O–H groups in total. The molecule has 0 bridgehead atoms. The summed E-state index contributed by atoms with van der Waals surface area (Å²) in [7, 11) is 0. The predicted molar refractivity (Wildman–Crippen MR) is 110 cm³/mol. The van der Waals surface area contributed by atoms with Gasteiger partial charge in [-0.05, 0) is 42.7 Å². The first kappa shape index (κ1) is 19.6. The number of hydrogen-bond acceptors (Lipinski definition) is 3. The molecule has 1 heterocycles. The number of carbonyl (C=O) groups excluding carboxylic acids is 1. The van der Waals surface area contributed by atoms with Crippen LogP contribution in [0.15, 0.2) is 23.0 Å². The number of rotatable bonds is 6. The molecule has 146 valence electrons. The number of aryl methyl sites for hydroxylation is 1. The number of fused-ring (bicyclic) bond motifs is 1. The van der Waals surface area contributed by atoms with Gasteiger partial charge in [0.15, 0.2) is 0 Å². The summed E-state index contributed by atoms with van der Waals surface area (Å²) in [6.45, 7) is 6.58. The van der Waals surface area contributed by atoms with E-state index >= 15 is 0 Å². The van der Waals surface area contributed by atoms with Gasteiger partial charge in [-0.1, -0.05) is 52.5 Å². The van der Waals surface area contributed by atoms with Crippen LogP contribution in [0.3, 0.4) is 0 Å². The van der Waals surface area contributed by atoms with Gasteiger partial charge in [-0.15, -0.1) is 0 Å². The van der Waals surface area contributed by atoms with Gasteiger partial charge in [-0.25, -0.2) is 5.10 Å². The molecule has 1 amide bonds. The van der Waals surface area contributed by atoms with E-state index in [1.807, 2.05) is 12.1 Å². The summed E-state index contributed by atoms with van der Waals surface area (Å²) >= 11 is 0. The molecule has 3 rings (SSSR count). The lowest BCUT2D eigenvalue weighted by molar-refractivity contribution is -0.116. The van der Waals surface area contributed by atoms with Crippen molar-refractivity contribution in [1.82, 2.24) is 10.2 Å². The molecule has 1 saturated carbocycles. The number of H-pyrrole nitrogens is 1. The third-order valence-corrected chi connectivity index (χ3v) is 5.52. The number of aromatic amines is 1. The van der Waals surface area contributed by atoms with Crippen LogP contribution in [0.1, 0.15) is 71.4 Å². The van der Waals surface area contributed by atoms with E-state index in [-0.39, 0.29) is 16.9 Å². The molecule has 1 aromatic carbocycles. The fraction of sp³-hybridized carbons (Fsp3) is 0.591. The Kier molecular flexibility index (Phi) is 5.98. The van der Waals surface area contributed by atoms with Crippen LogP contribution >= 0.6 is 0 Å². The molecule has 5 heteroatoms. The summed E-state index contributed by atoms with van der Waals surface area (Å²) in [5.41, 5.74) is 1.57. The molecule has 1 aromatic heterocycles. The number of nitrogens with zero attached hydrogens (tertiary/aromatic N) is 1. The summed E-state index contributed by atoms with van der Waals surface area (Å²) < 4.78 is 0. The highest BCUT2D eigenvalue weighted by Gasteiger charge is 2.17. The molecule has 1 aliphatic rings. The number of hydrogen-bond donors (Lipinski definition) is 2. The molecule has 0 radical (unpaired) electrons. The number of anilines is 1. The molecule has 0 aliphatic heterocycles. The summed E-state index contributed by atoms with van der Waals surface area (Å²) in [6.07, 6.45) is 8.40. The highest BCUT2D eigenvalue weighted by atomic mass is 16.1. The fourth-order valence-electron chi connectivity index (χ4n) is 3.84. The van der Waals surface area contributed by atoms with Crippen LogP contribution in [0, 0.1) is 11.3 Å². The van der Waals surface area contributed by atoms with Crippen LogP contribution in [0.5, 0.6) is 0 Å². The molecule has 0 unspecified atom stereocenters. The second kappa shape index (κ2) is 8.24. The van der Waals surface area contributed by atoms with Crippen molar-refractivity contribution in [2.24, 2.45) is 11.3 Å². The Balaban J connectivity index is 1.71. The Labute approximate surface area is 160 Å². The van der Waals surface area contributed by atoms with Crippen molar-refractivity contribution in [3.8, 4) is 0 Å². The van der Waals surface area contributed by atoms with Crippen LogP contribution in [-0.2, 0) is 11.2 Å². The quantitative estimate of drug-likeness (QED) is 0.767. The summed E-state index contributed by atoms with van der Waals surface area (Å²) in [6, 6.07) is 5.55. The maximum atomic E-state index is 12.3. The Hall–Kier alpha value is -2.17. The Bertz CT molecular complexity index is 858. The van der Waals surface area contributed by atoms with E-state index in [0.29, 0.717) is 23.4 Å². The number of amides is 1. The fourth-order valence-corrected chi connectivity index (χ4v) is 3.84. The lowest BCUT2D eigenvalue weighted by atomic mass is 9.89. The van der Waals surface area contributed by atoms with E-state index in [4.69, 9.17) is 0 Å². The van der Waals surface area contributed by atoms with Crippen molar-refractivity contribution in [1.29, 1.82) is 0 Å². The molecule has 27 heavy (non-hydrogen) atoms. The maximum absolute atomic E-state index is 12.3. The van der Waals surface area contributed by atoms with Gasteiger partial charge in [0.05, 0.1) is 11.1 Å². The number of carbonyl (C=O) groups is 1. The van der Waals surface area contributed by atoms with Crippen LogP contribution in [0.2, 0.25) is 0 Å². The third kappa shape index (κ3) is 5.41. The van der Waals surface area contributed by atoms with Gasteiger partial charge < -0.3 is 5.32 Å². The second-order valence-corrected chi connectivity index (χ2v) is 9.06. The first-order chi connectivity index (χ1) is 12.8. The standard InChI is InChI=1S/C22H31N3O2/c1-22(2,3)13-12-19-17-10-9-16(14-18(17)21(27)25-24-19)23-20(26)11-8-15-6-4-5-7-15/h9-10,14-15H,4-8,11-13H2,1-3H3,(H,23,26)(H,25,27). The minimum Gasteiger partial charge on any atom is -0.326 e. The smallest absolute Gasteiger partial charge is 0.272 e. The topological polar surface area (TPSA) is 74.8 Å². The molecule has 5 nitrogen and oxygen atoms in total. The molecule has 1 aliphatic carbocycles. The highest BCUT2D eigenvalue weighted by molar-refractivity contribution is 5.94. The molecule has 0 atom stereocenters. The van der Waals surface area contributed by atoms with Crippen LogP contribution in [0.25, 0.3) is 10.8 Å². The molecule has 0 spiro atoms. The monoisotopic (exact) mass is 369 g/mol. The van der Waals surface area contributed by atoms with Gasteiger partial charge in [0.25, 0.3) is 5.56 Å². The summed E-state index contributed by atoms with van der Waals surface area (Å²) in [5, 5.41) is 11.3. The molecule has 2 aromatic rings. The normalized spacial score (nSPS) is 15.4. The molecular weight excluding hydrogens is 338 g/mol. The van der Waals surface area contributed by atoms with E-state index in [0.717, 1.165) is 30.3 Å². The van der Waals surface area contributed by atoms with E-state index in [2.05, 4.69) is 36.3 Å². The molecule has 0 saturated heterocycles. The predicted octanol–water partition coefficient (Wildman–Crippen LogP) is 4.81. The van der Waals surface area contributed by atoms with E-state index < -0.39 is 0 Å². The van der Waals surface area contributed by atoms with Crippen LogP contribution in [0.4, 0.5) is 5.69 Å². The second-order valence-electron chi connectivity index (χ2n) is 9.06. The lowest BCUT2D eigenvalue weighted by Crippen LogP contribution is -2.15. The van der Waals surface area contributed by atoms with Crippen molar-refractivity contribution >= 4 is 22.4 Å². The minimum atomic E-state index is -0.216. The zero-order chi connectivity index (χ0) is 19.4. The summed E-state index contributed by atoms with van der Waals surface area (Å²) in [4.78, 5) is 24.5. The van der Waals surface area contributed by atoms with Gasteiger partial charge in [0.2, 0.25) is 5.91 Å². The van der Waals surface area contributed by atoms with Gasteiger partial charge in [-0.2, -0.15) is 5.10 Å². The van der Waals surface area contributed by atoms with Crippen molar-refractivity contribution in [2.45, 2.75) is 72.1 Å². The van der Waals surface area contributed by atoms with Gasteiger partial charge in [-0.3, -0.25) is 9.59 Å². The Morgan fingerprint density at radius 3 is 2.67 bits per heavy atom. The van der Waals surface area contributed by atoms with Crippen molar-refractivity contribution in [3.63, 3.8) is 0 Å². The minimum absolute atomic E-state index is 0.0275. The average Bonchev–Trinajstić information content (AvgIpc) is 3.12. The molecule has 1 fully saturated rings. The van der Waals surface area contributed by atoms with Crippen LogP contribution in [-0.4, -0.2) is 16.1 Å². The van der Waals surface area contributed by atoms with Gasteiger partial charge in [0.1, 0.15) is 0 Å². The maximum Gasteiger partial charge on any atom is 0.272 e. The lowest BCUT2D eigenvalue weighted by Gasteiger charge is -2.17. The van der Waals surface area contributed by atoms with Crippen molar-refractivity contribution < 1.29 is 4.79 Å². The van der Waals surface area contributed by atoms with Crippen molar-refractivity contribution in [2.75, 3.05) is 5.32 Å². The van der Waals surface area contributed by atoms with E-state index in [1.54, 1.807) is 6.07 Å². The van der Waals surface area contributed by atoms with Crippen molar-refractivity contribution in [3.05, 3.63) is 34.2 Å². The highest BCUT2D eigenvalue weighted by Crippen LogP contribution is 2.29. The zero-order valence-electron chi connectivity index (χ0n) is 16.7.